The molecule has 0 spiro atoms. The normalized spacial score (nSPS) is 46.3. The first kappa shape index (κ1) is 21.9. The Morgan fingerprint density at radius 3 is 2.59 bits per heavy atom. The van der Waals surface area contributed by atoms with Crippen molar-refractivity contribution < 1.29 is 10.2 Å². The standard InChI is InChI=1S/C27H46O2/c1-5-20(28)9-7-18(3)24-11-12-25-23-10-8-19-17-27(29,6-2)16-14-21(19)22(23)13-15-26(24,25)4/h8,18,20-25,28-29H,5-7,9-17H2,1-4H3/t18-,20-,21+,22?,23-,24-,25+,26-,27+/m1/s1. The van der Waals surface area contributed by atoms with Crippen molar-refractivity contribution in [3.8, 4) is 0 Å². The lowest BCUT2D eigenvalue weighted by molar-refractivity contribution is -0.0464. The first-order valence-corrected chi connectivity index (χ1v) is 12.9. The molecule has 2 nitrogen and oxygen atoms in total. The SMILES string of the molecule is CC[C@@H](O)CC[C@@H](C)[C@H]1CC[C@H]2[C@@H]3CC=C4C[C@](O)(CC)CC[C@@H]4C3CC[C@]12C. The minimum absolute atomic E-state index is 0.104. The van der Waals surface area contributed by atoms with Gasteiger partial charge < -0.3 is 10.2 Å². The van der Waals surface area contributed by atoms with Crippen LogP contribution in [0.15, 0.2) is 11.6 Å². The van der Waals surface area contributed by atoms with Gasteiger partial charge in [0.2, 0.25) is 0 Å². The number of hydrogen-bond acceptors (Lipinski definition) is 2. The van der Waals surface area contributed by atoms with Crippen molar-refractivity contribution in [3.63, 3.8) is 0 Å². The third kappa shape index (κ3) is 3.86. The van der Waals surface area contributed by atoms with Gasteiger partial charge >= 0.3 is 0 Å². The van der Waals surface area contributed by atoms with Crippen LogP contribution in [0.5, 0.6) is 0 Å². The fourth-order valence-corrected chi connectivity index (χ4v) is 8.50. The van der Waals surface area contributed by atoms with Crippen molar-refractivity contribution in [1.82, 2.24) is 0 Å². The van der Waals surface area contributed by atoms with Gasteiger partial charge in [-0.3, -0.25) is 0 Å². The van der Waals surface area contributed by atoms with E-state index in [1.165, 1.54) is 44.9 Å². The molecule has 4 aliphatic rings. The maximum Gasteiger partial charge on any atom is 0.0682 e. The summed E-state index contributed by atoms with van der Waals surface area (Å²) in [6, 6.07) is 0. The minimum Gasteiger partial charge on any atom is -0.393 e. The highest BCUT2D eigenvalue weighted by Gasteiger charge is 2.57. The number of allylic oxidation sites excluding steroid dienone is 1. The molecule has 0 aromatic heterocycles. The maximum atomic E-state index is 10.9. The van der Waals surface area contributed by atoms with E-state index in [1.54, 1.807) is 5.57 Å². The van der Waals surface area contributed by atoms with Crippen LogP contribution in [0.25, 0.3) is 0 Å². The molecule has 9 atom stereocenters. The van der Waals surface area contributed by atoms with Crippen LogP contribution in [0.4, 0.5) is 0 Å². The fourth-order valence-electron chi connectivity index (χ4n) is 8.50. The molecule has 0 saturated heterocycles. The van der Waals surface area contributed by atoms with Gasteiger partial charge in [-0.25, -0.2) is 0 Å². The van der Waals surface area contributed by atoms with E-state index in [0.717, 1.165) is 67.6 Å². The molecule has 0 aliphatic heterocycles. The summed E-state index contributed by atoms with van der Waals surface area (Å²) in [5.74, 6) is 5.01. The average Bonchev–Trinajstić information content (AvgIpc) is 3.08. The van der Waals surface area contributed by atoms with Gasteiger partial charge in [0.15, 0.2) is 0 Å². The molecule has 0 aromatic carbocycles. The number of fused-ring (bicyclic) bond motifs is 5. The van der Waals surface area contributed by atoms with Gasteiger partial charge in [-0.05, 0) is 118 Å². The molecular weight excluding hydrogens is 356 g/mol. The fraction of sp³-hybridized carbons (Fsp3) is 0.926. The van der Waals surface area contributed by atoms with Crippen molar-refractivity contribution in [2.45, 2.75) is 116 Å². The highest BCUT2D eigenvalue weighted by molar-refractivity contribution is 5.22. The zero-order valence-electron chi connectivity index (χ0n) is 19.5. The zero-order valence-corrected chi connectivity index (χ0v) is 19.5. The molecule has 3 saturated carbocycles. The Morgan fingerprint density at radius 1 is 1.07 bits per heavy atom. The topological polar surface area (TPSA) is 40.5 Å². The molecular formula is C27H46O2. The zero-order chi connectivity index (χ0) is 20.8. The summed E-state index contributed by atoms with van der Waals surface area (Å²) in [6.07, 6.45) is 16.5. The summed E-state index contributed by atoms with van der Waals surface area (Å²) in [5, 5.41) is 20.9. The largest absolute Gasteiger partial charge is 0.393 e. The van der Waals surface area contributed by atoms with Gasteiger partial charge in [0.1, 0.15) is 0 Å². The van der Waals surface area contributed by atoms with Crippen LogP contribution < -0.4 is 0 Å². The number of hydrogen-bond donors (Lipinski definition) is 2. The number of aliphatic hydroxyl groups excluding tert-OH is 1. The lowest BCUT2D eigenvalue weighted by atomic mass is 9.50. The average molecular weight is 403 g/mol. The van der Waals surface area contributed by atoms with Gasteiger partial charge in [-0.2, -0.15) is 0 Å². The van der Waals surface area contributed by atoms with Gasteiger partial charge in [-0.1, -0.05) is 39.3 Å². The number of aliphatic hydroxyl groups is 2. The summed E-state index contributed by atoms with van der Waals surface area (Å²) < 4.78 is 0. The first-order valence-electron chi connectivity index (χ1n) is 12.9. The lowest BCUT2D eigenvalue weighted by Gasteiger charge is -2.55. The molecule has 3 fully saturated rings. The third-order valence-electron chi connectivity index (χ3n) is 10.4. The van der Waals surface area contributed by atoms with Crippen LogP contribution in [0.3, 0.4) is 0 Å². The molecule has 1 unspecified atom stereocenters. The van der Waals surface area contributed by atoms with Gasteiger partial charge in [0.25, 0.3) is 0 Å². The molecule has 0 aromatic rings. The van der Waals surface area contributed by atoms with E-state index in [4.69, 9.17) is 0 Å². The lowest BCUT2D eigenvalue weighted by Crippen LogP contribution is -2.48. The Kier molecular flexibility index (Phi) is 6.26. The van der Waals surface area contributed by atoms with Crippen molar-refractivity contribution >= 4 is 0 Å². The van der Waals surface area contributed by atoms with Gasteiger partial charge in [0.05, 0.1) is 11.7 Å². The van der Waals surface area contributed by atoms with Crippen LogP contribution >= 0.6 is 0 Å². The van der Waals surface area contributed by atoms with Crippen molar-refractivity contribution in [1.29, 1.82) is 0 Å². The molecule has 4 rings (SSSR count). The second-order valence-corrected chi connectivity index (χ2v) is 11.7. The van der Waals surface area contributed by atoms with E-state index in [1.807, 2.05) is 0 Å². The maximum absolute atomic E-state index is 10.9. The summed E-state index contributed by atoms with van der Waals surface area (Å²) in [4.78, 5) is 0. The van der Waals surface area contributed by atoms with Crippen LogP contribution in [0.1, 0.15) is 105 Å². The van der Waals surface area contributed by atoms with Crippen molar-refractivity contribution in [2.24, 2.45) is 40.9 Å². The molecule has 2 N–H and O–H groups in total. The monoisotopic (exact) mass is 402 g/mol. The van der Waals surface area contributed by atoms with Crippen LogP contribution in [-0.2, 0) is 0 Å². The van der Waals surface area contributed by atoms with Gasteiger partial charge in [0, 0.05) is 0 Å². The van der Waals surface area contributed by atoms with E-state index in [9.17, 15) is 10.2 Å². The third-order valence-corrected chi connectivity index (χ3v) is 10.4. The highest BCUT2D eigenvalue weighted by Crippen LogP contribution is 2.65. The van der Waals surface area contributed by atoms with E-state index < -0.39 is 5.60 Å². The summed E-state index contributed by atoms with van der Waals surface area (Å²) in [5.41, 5.74) is 1.71. The Labute approximate surface area is 179 Å². The molecule has 2 heteroatoms. The summed E-state index contributed by atoms with van der Waals surface area (Å²) in [6.45, 7) is 9.35. The van der Waals surface area contributed by atoms with E-state index in [2.05, 4.69) is 33.8 Å². The van der Waals surface area contributed by atoms with Crippen LogP contribution in [0, 0.1) is 40.9 Å². The van der Waals surface area contributed by atoms with Gasteiger partial charge in [-0.15, -0.1) is 0 Å². The molecule has 0 bridgehead atoms. The smallest absolute Gasteiger partial charge is 0.0682 e. The first-order chi connectivity index (χ1) is 13.8. The Bertz CT molecular complexity index is 612. The van der Waals surface area contributed by atoms with E-state index >= 15 is 0 Å². The molecule has 0 heterocycles. The van der Waals surface area contributed by atoms with Crippen molar-refractivity contribution in [3.05, 3.63) is 11.6 Å². The summed E-state index contributed by atoms with van der Waals surface area (Å²) in [7, 11) is 0. The predicted molar refractivity (Wildman–Crippen MR) is 121 cm³/mol. The quantitative estimate of drug-likeness (QED) is 0.498. The molecule has 0 radical (unpaired) electrons. The molecule has 166 valence electrons. The highest BCUT2D eigenvalue weighted by atomic mass is 16.3. The van der Waals surface area contributed by atoms with Crippen molar-refractivity contribution in [2.75, 3.05) is 0 Å². The van der Waals surface area contributed by atoms with Crippen LogP contribution in [-0.4, -0.2) is 21.9 Å². The molecule has 29 heavy (non-hydrogen) atoms. The Balaban J connectivity index is 1.46. The number of rotatable bonds is 6. The van der Waals surface area contributed by atoms with E-state index in [-0.39, 0.29) is 6.10 Å². The van der Waals surface area contributed by atoms with Crippen LogP contribution in [0.2, 0.25) is 0 Å². The minimum atomic E-state index is -0.421. The molecule has 4 aliphatic carbocycles. The second-order valence-electron chi connectivity index (χ2n) is 11.7. The second kappa shape index (κ2) is 8.30. The summed E-state index contributed by atoms with van der Waals surface area (Å²) >= 11 is 0. The van der Waals surface area contributed by atoms with E-state index in [0.29, 0.717) is 5.41 Å². The predicted octanol–water partition coefficient (Wildman–Crippen LogP) is 6.50. The molecule has 0 amide bonds. The Morgan fingerprint density at radius 2 is 1.86 bits per heavy atom. The Hall–Kier alpha value is -0.340.